The van der Waals surface area contributed by atoms with E-state index in [2.05, 4.69) is 343 Å². The Morgan fingerprint density at radius 2 is 0.774 bits per heavy atom. The highest BCUT2D eigenvalue weighted by molar-refractivity contribution is 6.26. The number of fused-ring (bicyclic) bond motifs is 20. The molecule has 0 saturated carbocycles. The highest BCUT2D eigenvalue weighted by Crippen LogP contribution is 2.70. The first kappa shape index (κ1) is 54.9. The number of rotatable bonds is 8. The molecular formula is C89H68N2O2. The lowest BCUT2D eigenvalue weighted by Gasteiger charge is -2.37. The second kappa shape index (κ2) is 20.5. The minimum atomic E-state index is -0.736. The van der Waals surface area contributed by atoms with Gasteiger partial charge in [-0.3, -0.25) is 0 Å². The fraction of sp³-hybridized carbons (Fsp3) is 0.124. The van der Waals surface area contributed by atoms with Crippen LogP contribution in [0.2, 0.25) is 0 Å². The lowest BCUT2D eigenvalue weighted by molar-refractivity contribution is 0.466. The van der Waals surface area contributed by atoms with Crippen LogP contribution in [0.3, 0.4) is 0 Å². The first-order chi connectivity index (χ1) is 45.4. The molecule has 2 heterocycles. The third-order valence-corrected chi connectivity index (χ3v) is 20.6. The average Bonchev–Trinajstić information content (AvgIpc) is 1.49. The van der Waals surface area contributed by atoms with E-state index in [0.29, 0.717) is 0 Å². The Balaban J connectivity index is 0.942. The predicted molar refractivity (Wildman–Crippen MR) is 390 cm³/mol. The summed E-state index contributed by atoms with van der Waals surface area (Å²) in [5.41, 5.74) is 23.3. The summed E-state index contributed by atoms with van der Waals surface area (Å²) in [4.78, 5) is 4.96. The normalized spacial score (nSPS) is 16.5. The van der Waals surface area contributed by atoms with Gasteiger partial charge >= 0.3 is 0 Å². The third kappa shape index (κ3) is 8.44. The molecule has 0 bridgehead atoms. The number of para-hydroxylation sites is 2. The van der Waals surface area contributed by atoms with Crippen molar-refractivity contribution in [2.75, 3.05) is 9.80 Å². The van der Waals surface area contributed by atoms with Crippen LogP contribution >= 0.6 is 0 Å². The standard InChI is InChI=1S/C89H68N2O2/c1-87(2,3)63-39-47-67(48-40-63)90(65-43-35-57(36-44-65)61-33-31-55-19-7-9-21-59(55)51-61)77-53-76-84(86-81(77)71-25-13-17-29-79(71)93-86)83-75(89(76)73-27-15-11-23-69(73)70-24-12-16-28-74(70)89)54-78(85-82(83)72-26-14-18-30-80(72)92-85)91(68-49-41-64(42-50-68)88(4,5)6)66-45-37-58(38-46-66)62-34-32-56-20-8-10-22-60(56)52-62/h7-54,69,73H,1-6H3. The molecular weight excluding hydrogens is 1130 g/mol. The molecule has 2 aromatic heterocycles. The Morgan fingerprint density at radius 3 is 1.33 bits per heavy atom. The van der Waals surface area contributed by atoms with E-state index >= 15 is 0 Å². The van der Waals surface area contributed by atoms with Gasteiger partial charge < -0.3 is 18.6 Å². The fourth-order valence-corrected chi connectivity index (χ4v) is 16.1. The van der Waals surface area contributed by atoms with E-state index in [4.69, 9.17) is 8.83 Å². The molecule has 18 rings (SSSR count). The third-order valence-electron chi connectivity index (χ3n) is 20.6. The quantitative estimate of drug-likeness (QED) is 0.152. The Labute approximate surface area is 542 Å². The van der Waals surface area contributed by atoms with E-state index in [0.717, 1.165) is 100 Å². The molecule has 13 aromatic carbocycles. The van der Waals surface area contributed by atoms with Crippen LogP contribution in [-0.4, -0.2) is 0 Å². The zero-order chi connectivity index (χ0) is 62.5. The van der Waals surface area contributed by atoms with Crippen LogP contribution in [0, 0.1) is 5.92 Å². The molecule has 0 saturated heterocycles. The summed E-state index contributed by atoms with van der Waals surface area (Å²) in [5, 5.41) is 9.16. The van der Waals surface area contributed by atoms with Crippen molar-refractivity contribution in [1.29, 1.82) is 0 Å². The zero-order valence-corrected chi connectivity index (χ0v) is 53.1. The summed E-state index contributed by atoms with van der Waals surface area (Å²) in [6, 6.07) is 99.5. The van der Waals surface area contributed by atoms with Crippen LogP contribution < -0.4 is 9.80 Å². The molecule has 3 atom stereocenters. The van der Waals surface area contributed by atoms with Gasteiger partial charge in [0.2, 0.25) is 0 Å². The summed E-state index contributed by atoms with van der Waals surface area (Å²) in [7, 11) is 0. The van der Waals surface area contributed by atoms with Crippen molar-refractivity contribution in [1.82, 2.24) is 0 Å². The van der Waals surface area contributed by atoms with Crippen LogP contribution in [0.15, 0.2) is 300 Å². The SMILES string of the molecule is CC(C)(C)c1ccc(N(c2ccc(-c3ccc4ccccc4c3)cc2)c2cc3c(c4c2oc2ccccc24)-c2c(cc(N(c4ccc(-c5ccc6ccccc6c5)cc4)c4ccc(C(C)(C)C)cc4)c4c2oc2ccccc24)C32c3ccccc3C3C=CC=CC32)cc1. The molecule has 0 radical (unpaired) electrons. The molecule has 0 aliphatic heterocycles. The van der Waals surface area contributed by atoms with Gasteiger partial charge in [0.25, 0.3) is 0 Å². The smallest absolute Gasteiger partial charge is 0.160 e. The van der Waals surface area contributed by atoms with Crippen LogP contribution in [0.4, 0.5) is 34.1 Å². The number of allylic oxidation sites excluding steroid dienone is 4. The minimum Gasteiger partial charge on any atom is -0.455 e. The molecule has 3 aliphatic carbocycles. The van der Waals surface area contributed by atoms with Gasteiger partial charge in [-0.05, 0) is 173 Å². The van der Waals surface area contributed by atoms with Crippen molar-refractivity contribution in [3.63, 3.8) is 0 Å². The molecule has 4 heteroatoms. The maximum atomic E-state index is 7.68. The molecule has 0 amide bonds. The second-order valence-corrected chi connectivity index (χ2v) is 27.9. The Hall–Kier alpha value is -10.9. The second-order valence-electron chi connectivity index (χ2n) is 27.9. The van der Waals surface area contributed by atoms with Crippen molar-refractivity contribution < 1.29 is 8.83 Å². The highest BCUT2D eigenvalue weighted by Gasteiger charge is 2.59. The number of furan rings is 2. The van der Waals surface area contributed by atoms with Gasteiger partial charge in [0.15, 0.2) is 5.58 Å². The van der Waals surface area contributed by atoms with Gasteiger partial charge in [-0.1, -0.05) is 248 Å². The number of benzene rings is 13. The summed E-state index contributed by atoms with van der Waals surface area (Å²) in [5.74, 6) is 0.0759. The molecule has 3 unspecified atom stereocenters. The summed E-state index contributed by atoms with van der Waals surface area (Å²) >= 11 is 0. The average molecular weight is 1200 g/mol. The molecule has 446 valence electrons. The summed E-state index contributed by atoms with van der Waals surface area (Å²) < 4.78 is 15.2. The molecule has 93 heavy (non-hydrogen) atoms. The lowest BCUT2D eigenvalue weighted by Crippen LogP contribution is -2.33. The summed E-state index contributed by atoms with van der Waals surface area (Å²) in [6.45, 7) is 13.7. The topological polar surface area (TPSA) is 32.8 Å². The number of anilines is 6. The van der Waals surface area contributed by atoms with E-state index in [1.165, 1.54) is 66.1 Å². The monoisotopic (exact) mass is 1200 g/mol. The van der Waals surface area contributed by atoms with Crippen molar-refractivity contribution >= 4 is 99.5 Å². The maximum absolute atomic E-state index is 7.68. The van der Waals surface area contributed by atoms with Crippen molar-refractivity contribution in [3.8, 4) is 33.4 Å². The number of hydrogen-bond acceptors (Lipinski definition) is 4. The Morgan fingerprint density at radius 1 is 0.344 bits per heavy atom. The van der Waals surface area contributed by atoms with E-state index in [1.807, 2.05) is 0 Å². The Bertz CT molecular complexity index is 5590. The maximum Gasteiger partial charge on any atom is 0.160 e. The fourth-order valence-electron chi connectivity index (χ4n) is 16.1. The van der Waals surface area contributed by atoms with Crippen LogP contribution in [0.5, 0.6) is 0 Å². The zero-order valence-electron chi connectivity index (χ0n) is 53.1. The van der Waals surface area contributed by atoms with Crippen molar-refractivity contribution in [2.24, 2.45) is 5.92 Å². The van der Waals surface area contributed by atoms with Gasteiger partial charge in [0, 0.05) is 61.9 Å². The van der Waals surface area contributed by atoms with Crippen LogP contribution in [0.25, 0.3) is 98.8 Å². The number of nitrogens with zero attached hydrogens (tertiary/aromatic N) is 2. The minimum absolute atomic E-state index is 0.0143. The van der Waals surface area contributed by atoms with Gasteiger partial charge in [0.05, 0.1) is 22.2 Å². The van der Waals surface area contributed by atoms with Gasteiger partial charge in [-0.25, -0.2) is 0 Å². The van der Waals surface area contributed by atoms with Crippen molar-refractivity contribution in [3.05, 3.63) is 325 Å². The molecule has 3 aliphatic rings. The highest BCUT2D eigenvalue weighted by atomic mass is 16.3. The van der Waals surface area contributed by atoms with Crippen molar-refractivity contribution in [2.45, 2.75) is 63.7 Å². The number of hydrogen-bond donors (Lipinski definition) is 0. The predicted octanol–water partition coefficient (Wildman–Crippen LogP) is 24.8. The Kier molecular flexibility index (Phi) is 12.1. The lowest BCUT2D eigenvalue weighted by atomic mass is 9.65. The molecule has 15 aromatic rings. The van der Waals surface area contributed by atoms with Crippen LogP contribution in [0.1, 0.15) is 80.8 Å². The molecule has 4 nitrogen and oxygen atoms in total. The van der Waals surface area contributed by atoms with Gasteiger partial charge in [-0.15, -0.1) is 0 Å². The molecule has 1 spiro atoms. The molecule has 0 N–H and O–H groups in total. The van der Waals surface area contributed by atoms with Crippen LogP contribution in [-0.2, 0) is 16.2 Å². The summed E-state index contributed by atoms with van der Waals surface area (Å²) in [6.07, 6.45) is 9.51. The van der Waals surface area contributed by atoms with Gasteiger partial charge in [0.1, 0.15) is 16.7 Å². The van der Waals surface area contributed by atoms with E-state index in [9.17, 15) is 0 Å². The first-order valence-electron chi connectivity index (χ1n) is 32.8. The molecule has 0 fully saturated rings. The van der Waals surface area contributed by atoms with Gasteiger partial charge in [-0.2, -0.15) is 0 Å². The van der Waals surface area contributed by atoms with E-state index < -0.39 is 5.41 Å². The first-order valence-corrected chi connectivity index (χ1v) is 32.8. The largest absolute Gasteiger partial charge is 0.455 e. The van der Waals surface area contributed by atoms with E-state index in [-0.39, 0.29) is 22.7 Å². The van der Waals surface area contributed by atoms with E-state index in [1.54, 1.807) is 0 Å².